The molecule has 0 unspecified atom stereocenters. The first-order valence-corrected chi connectivity index (χ1v) is 17.4. The van der Waals surface area contributed by atoms with Gasteiger partial charge in [0.05, 0.1) is 51.7 Å². The van der Waals surface area contributed by atoms with Crippen molar-refractivity contribution < 1.29 is 38.3 Å². The minimum absolute atomic E-state index is 0.145. The number of aldehydes is 1. The van der Waals surface area contributed by atoms with E-state index in [0.29, 0.717) is 45.6 Å². The molecule has 2 aliphatic carbocycles. The number of benzene rings is 2. The van der Waals surface area contributed by atoms with Crippen LogP contribution < -0.4 is 9.47 Å². The van der Waals surface area contributed by atoms with Crippen LogP contribution in [0.25, 0.3) is 0 Å². The Labute approximate surface area is 275 Å². The first kappa shape index (κ1) is 31.1. The van der Waals surface area contributed by atoms with Crippen LogP contribution in [0.15, 0.2) is 45.3 Å². The van der Waals surface area contributed by atoms with Crippen molar-refractivity contribution in [2.75, 3.05) is 46.2 Å². The minimum atomic E-state index is -0.479. The second kappa shape index (κ2) is 12.2. The number of rotatable bonds is 2. The molecule has 4 aliphatic heterocycles. The number of carbonyl (C=O) groups is 1. The number of halogens is 2. The Hall–Kier alpha value is -1.53. The number of aliphatic hydroxyl groups is 1. The SMILES string of the molecule is O=C[C@@]12CCC3(C[C@@H]1CCOc1cc(Br)ccc12)OCCO3.OC[C@@]12CCC3(C[C@@H]1CCOc1cc(Br)ccc12)OCCO3. The van der Waals surface area contributed by atoms with Crippen molar-refractivity contribution in [3.05, 3.63) is 56.5 Å². The monoisotopic (exact) mass is 734 g/mol. The molecule has 8 nitrogen and oxygen atoms in total. The molecule has 0 radical (unpaired) electrons. The third kappa shape index (κ3) is 5.36. The van der Waals surface area contributed by atoms with Crippen molar-refractivity contribution >= 4 is 38.1 Å². The van der Waals surface area contributed by atoms with Gasteiger partial charge in [0, 0.05) is 51.2 Å². The predicted molar refractivity (Wildman–Crippen MR) is 169 cm³/mol. The molecule has 0 aromatic heterocycles. The molecule has 10 heteroatoms. The van der Waals surface area contributed by atoms with Gasteiger partial charge in [0.2, 0.25) is 0 Å². The number of hydrogen-bond acceptors (Lipinski definition) is 8. The molecule has 1 N–H and O–H groups in total. The molecule has 0 bridgehead atoms. The molecule has 2 spiro atoms. The topological polar surface area (TPSA) is 92.7 Å². The Balaban J connectivity index is 0.000000142. The average Bonchev–Trinajstić information content (AvgIpc) is 3.61. The van der Waals surface area contributed by atoms with Crippen molar-refractivity contribution in [2.24, 2.45) is 11.8 Å². The van der Waals surface area contributed by atoms with E-state index in [2.05, 4.69) is 37.9 Å². The molecule has 8 rings (SSSR count). The molecule has 2 saturated heterocycles. The molecule has 6 aliphatic rings. The zero-order chi connectivity index (χ0) is 30.4. The second-order valence-corrected chi connectivity index (χ2v) is 14.9. The quantitative estimate of drug-likeness (QED) is 0.364. The Kier molecular flexibility index (Phi) is 8.65. The summed E-state index contributed by atoms with van der Waals surface area (Å²) in [7, 11) is 0. The first-order valence-electron chi connectivity index (χ1n) is 15.8. The fraction of sp³-hybridized carbons (Fsp3) is 0.618. The van der Waals surface area contributed by atoms with Crippen LogP contribution >= 0.6 is 31.9 Å². The molecule has 2 aromatic rings. The van der Waals surface area contributed by atoms with Gasteiger partial charge in [-0.1, -0.05) is 44.0 Å². The molecule has 4 heterocycles. The van der Waals surface area contributed by atoms with Crippen molar-refractivity contribution in [3.63, 3.8) is 0 Å². The summed E-state index contributed by atoms with van der Waals surface area (Å²) in [4.78, 5) is 12.2. The smallest absolute Gasteiger partial charge is 0.168 e. The summed E-state index contributed by atoms with van der Waals surface area (Å²) in [5, 5.41) is 10.3. The van der Waals surface area contributed by atoms with Crippen LogP contribution in [0, 0.1) is 11.8 Å². The highest BCUT2D eigenvalue weighted by Gasteiger charge is 2.55. The van der Waals surface area contributed by atoms with Crippen LogP contribution in [0.4, 0.5) is 0 Å². The third-order valence-electron chi connectivity index (χ3n) is 11.0. The van der Waals surface area contributed by atoms with Crippen LogP contribution in [-0.2, 0) is 34.6 Å². The minimum Gasteiger partial charge on any atom is -0.493 e. The van der Waals surface area contributed by atoms with Crippen LogP contribution in [0.1, 0.15) is 62.5 Å². The standard InChI is InChI=1S/C17H21BrO4.C17H19BrO4/c2*18-13-1-2-14-15(9-13)20-6-3-12-10-17(21-7-8-22-17)5-4-16(12,14)11-19/h1-2,9,12,19H,3-8,10-11H2;1-2,9,11-12H,3-8,10H2/t2*12-,16-/m00/s1. The number of ether oxygens (including phenoxy) is 6. The number of carbonyl (C=O) groups excluding carboxylic acids is 1. The van der Waals surface area contributed by atoms with Gasteiger partial charge >= 0.3 is 0 Å². The summed E-state index contributed by atoms with van der Waals surface area (Å²) < 4.78 is 37.5. The lowest BCUT2D eigenvalue weighted by Gasteiger charge is -2.48. The van der Waals surface area contributed by atoms with E-state index >= 15 is 0 Å². The Morgan fingerprint density at radius 1 is 0.705 bits per heavy atom. The van der Waals surface area contributed by atoms with E-state index in [9.17, 15) is 9.90 Å². The Morgan fingerprint density at radius 3 is 1.82 bits per heavy atom. The largest absolute Gasteiger partial charge is 0.493 e. The van der Waals surface area contributed by atoms with Gasteiger partial charge in [0.25, 0.3) is 0 Å². The highest BCUT2D eigenvalue weighted by molar-refractivity contribution is 9.10. The number of hydrogen-bond donors (Lipinski definition) is 1. The molecular weight excluding hydrogens is 696 g/mol. The normalized spacial score (nSPS) is 32.8. The van der Waals surface area contributed by atoms with Gasteiger partial charge in [-0.25, -0.2) is 0 Å². The fourth-order valence-electron chi connectivity index (χ4n) is 8.68. The first-order chi connectivity index (χ1) is 21.3. The van der Waals surface area contributed by atoms with Crippen LogP contribution in [0.3, 0.4) is 0 Å². The third-order valence-corrected chi connectivity index (χ3v) is 12.0. The van der Waals surface area contributed by atoms with E-state index in [-0.39, 0.29) is 17.9 Å². The molecule has 238 valence electrons. The van der Waals surface area contributed by atoms with Crippen LogP contribution in [0.2, 0.25) is 0 Å². The van der Waals surface area contributed by atoms with E-state index in [4.69, 9.17) is 28.4 Å². The lowest BCUT2D eigenvalue weighted by molar-refractivity contribution is -0.201. The maximum atomic E-state index is 12.2. The van der Waals surface area contributed by atoms with Gasteiger partial charge in [-0.05, 0) is 61.8 Å². The van der Waals surface area contributed by atoms with E-state index in [1.54, 1.807) is 0 Å². The van der Waals surface area contributed by atoms with Crippen molar-refractivity contribution in [3.8, 4) is 11.5 Å². The fourth-order valence-corrected chi connectivity index (χ4v) is 9.36. The van der Waals surface area contributed by atoms with Crippen molar-refractivity contribution in [2.45, 2.75) is 73.8 Å². The second-order valence-electron chi connectivity index (χ2n) is 13.0. The summed E-state index contributed by atoms with van der Waals surface area (Å²) >= 11 is 6.99. The van der Waals surface area contributed by atoms with Gasteiger partial charge in [-0.3, -0.25) is 0 Å². The van der Waals surface area contributed by atoms with Gasteiger partial charge < -0.3 is 38.3 Å². The lowest BCUT2D eigenvalue weighted by Crippen LogP contribution is -2.50. The molecule has 4 atom stereocenters. The van der Waals surface area contributed by atoms with Gasteiger partial charge in [0.1, 0.15) is 17.8 Å². The highest BCUT2D eigenvalue weighted by Crippen LogP contribution is 2.55. The van der Waals surface area contributed by atoms with E-state index in [0.717, 1.165) is 89.2 Å². The van der Waals surface area contributed by atoms with Crippen LogP contribution in [-0.4, -0.2) is 69.2 Å². The number of fused-ring (bicyclic) bond motifs is 6. The van der Waals surface area contributed by atoms with E-state index in [1.807, 2.05) is 30.3 Å². The van der Waals surface area contributed by atoms with E-state index in [1.165, 1.54) is 0 Å². The zero-order valence-corrected chi connectivity index (χ0v) is 28.0. The van der Waals surface area contributed by atoms with Crippen LogP contribution in [0.5, 0.6) is 11.5 Å². The molecule has 2 saturated carbocycles. The predicted octanol–water partition coefficient (Wildman–Crippen LogP) is 6.22. The summed E-state index contributed by atoms with van der Waals surface area (Å²) in [5.41, 5.74) is 1.43. The molecule has 0 amide bonds. The average molecular weight is 736 g/mol. The van der Waals surface area contributed by atoms with Crippen molar-refractivity contribution in [1.82, 2.24) is 0 Å². The summed E-state index contributed by atoms with van der Waals surface area (Å²) in [6, 6.07) is 12.1. The maximum Gasteiger partial charge on any atom is 0.168 e. The maximum absolute atomic E-state index is 12.2. The molecule has 44 heavy (non-hydrogen) atoms. The zero-order valence-electron chi connectivity index (χ0n) is 24.9. The summed E-state index contributed by atoms with van der Waals surface area (Å²) in [6.45, 7) is 4.11. The van der Waals surface area contributed by atoms with Gasteiger partial charge in [-0.2, -0.15) is 0 Å². The number of aliphatic hydroxyl groups excluding tert-OH is 1. The van der Waals surface area contributed by atoms with E-state index < -0.39 is 17.0 Å². The van der Waals surface area contributed by atoms with Gasteiger partial charge in [-0.15, -0.1) is 0 Å². The molecular formula is C34H40Br2O8. The molecule has 2 aromatic carbocycles. The van der Waals surface area contributed by atoms with Gasteiger partial charge in [0.15, 0.2) is 11.6 Å². The van der Waals surface area contributed by atoms with Crippen molar-refractivity contribution in [1.29, 1.82) is 0 Å². The summed E-state index contributed by atoms with van der Waals surface area (Å²) in [5.74, 6) is 1.33. The molecule has 4 fully saturated rings. The Morgan fingerprint density at radius 2 is 1.23 bits per heavy atom. The summed E-state index contributed by atoms with van der Waals surface area (Å²) in [6.07, 6.45) is 7.72. The lowest BCUT2D eigenvalue weighted by atomic mass is 9.60. The Bertz CT molecular complexity index is 1370. The highest BCUT2D eigenvalue weighted by atomic mass is 79.9.